The summed E-state index contributed by atoms with van der Waals surface area (Å²) in [6.45, 7) is 4.50. The standard InChI is InChI=1S/C27H22O2/c1-27(2)17-16-22(20-8-4-3-5-9-20)24-15-13-19(18-25(24)27)12-14-21-10-6-7-11-23(21)26(28)29/h3-11,13,15-16,18H,17H2,1-2H3,(H,28,29). The molecule has 0 amide bonds. The molecular weight excluding hydrogens is 356 g/mol. The maximum atomic E-state index is 11.4. The first kappa shape index (κ1) is 18.8. The summed E-state index contributed by atoms with van der Waals surface area (Å²) >= 11 is 0. The molecule has 3 aromatic rings. The van der Waals surface area contributed by atoms with E-state index in [0.29, 0.717) is 5.56 Å². The van der Waals surface area contributed by atoms with Crippen molar-refractivity contribution in [3.63, 3.8) is 0 Å². The van der Waals surface area contributed by atoms with Crippen LogP contribution in [0.15, 0.2) is 78.9 Å². The van der Waals surface area contributed by atoms with E-state index in [1.165, 1.54) is 22.3 Å². The Morgan fingerprint density at radius 1 is 0.931 bits per heavy atom. The Balaban J connectivity index is 1.76. The molecule has 0 fully saturated rings. The van der Waals surface area contributed by atoms with Gasteiger partial charge >= 0.3 is 5.97 Å². The lowest BCUT2D eigenvalue weighted by Gasteiger charge is -2.32. The number of carboxylic acid groups (broad SMARTS) is 1. The largest absolute Gasteiger partial charge is 0.478 e. The molecule has 0 saturated heterocycles. The molecule has 1 aliphatic carbocycles. The maximum absolute atomic E-state index is 11.4. The predicted molar refractivity (Wildman–Crippen MR) is 117 cm³/mol. The van der Waals surface area contributed by atoms with Gasteiger partial charge < -0.3 is 5.11 Å². The molecular formula is C27H22O2. The Morgan fingerprint density at radius 3 is 2.41 bits per heavy atom. The summed E-state index contributed by atoms with van der Waals surface area (Å²) in [7, 11) is 0. The van der Waals surface area contributed by atoms with Crippen molar-refractivity contribution in [1.29, 1.82) is 0 Å². The molecule has 1 aliphatic rings. The number of rotatable bonds is 2. The Morgan fingerprint density at radius 2 is 1.66 bits per heavy atom. The lowest BCUT2D eigenvalue weighted by atomic mass is 9.72. The van der Waals surface area contributed by atoms with Crippen molar-refractivity contribution in [1.82, 2.24) is 0 Å². The van der Waals surface area contributed by atoms with Gasteiger partial charge in [0.1, 0.15) is 0 Å². The quantitative estimate of drug-likeness (QED) is 0.564. The van der Waals surface area contributed by atoms with Crippen LogP contribution in [0.25, 0.3) is 5.57 Å². The van der Waals surface area contributed by atoms with Gasteiger partial charge in [-0.15, -0.1) is 0 Å². The van der Waals surface area contributed by atoms with E-state index in [0.717, 1.165) is 12.0 Å². The molecule has 0 saturated carbocycles. The van der Waals surface area contributed by atoms with Gasteiger partial charge in [0.25, 0.3) is 0 Å². The third-order valence-electron chi connectivity index (χ3n) is 5.44. The Labute approximate surface area is 171 Å². The molecule has 0 unspecified atom stereocenters. The van der Waals surface area contributed by atoms with E-state index in [4.69, 9.17) is 0 Å². The third-order valence-corrected chi connectivity index (χ3v) is 5.44. The average molecular weight is 378 g/mol. The van der Waals surface area contributed by atoms with Crippen molar-refractivity contribution in [2.24, 2.45) is 0 Å². The first-order valence-corrected chi connectivity index (χ1v) is 9.70. The number of aromatic carboxylic acids is 1. The second-order valence-corrected chi connectivity index (χ2v) is 7.93. The fourth-order valence-corrected chi connectivity index (χ4v) is 3.80. The molecule has 4 rings (SSSR count). The SMILES string of the molecule is CC1(C)CC=C(c2ccccc2)c2ccc(C#Cc3ccccc3C(=O)O)cc21. The third kappa shape index (κ3) is 3.73. The van der Waals surface area contributed by atoms with Crippen LogP contribution in [-0.4, -0.2) is 11.1 Å². The fourth-order valence-electron chi connectivity index (χ4n) is 3.80. The molecule has 0 spiro atoms. The van der Waals surface area contributed by atoms with Crippen LogP contribution in [0.1, 0.15) is 58.4 Å². The van der Waals surface area contributed by atoms with Gasteiger partial charge in [-0.3, -0.25) is 0 Å². The second kappa shape index (κ2) is 7.45. The molecule has 2 nitrogen and oxygen atoms in total. The topological polar surface area (TPSA) is 37.3 Å². The Kier molecular flexibility index (Phi) is 4.82. The van der Waals surface area contributed by atoms with Crippen LogP contribution in [0.2, 0.25) is 0 Å². The van der Waals surface area contributed by atoms with Crippen LogP contribution in [0.3, 0.4) is 0 Å². The summed E-state index contributed by atoms with van der Waals surface area (Å²) in [5.41, 5.74) is 6.67. The fraction of sp³-hybridized carbons (Fsp3) is 0.148. The summed E-state index contributed by atoms with van der Waals surface area (Å²) in [5.74, 6) is 5.25. The van der Waals surface area contributed by atoms with Gasteiger partial charge in [0.15, 0.2) is 0 Å². The van der Waals surface area contributed by atoms with Crippen LogP contribution in [0.4, 0.5) is 0 Å². The minimum absolute atomic E-state index is 0.0181. The summed E-state index contributed by atoms with van der Waals surface area (Å²) in [5, 5.41) is 9.35. The van der Waals surface area contributed by atoms with Gasteiger partial charge in [0.2, 0.25) is 0 Å². The van der Waals surface area contributed by atoms with E-state index in [-0.39, 0.29) is 11.0 Å². The monoisotopic (exact) mass is 378 g/mol. The van der Waals surface area contributed by atoms with Gasteiger partial charge in [0.05, 0.1) is 5.56 Å². The van der Waals surface area contributed by atoms with Crippen molar-refractivity contribution in [2.75, 3.05) is 0 Å². The predicted octanol–water partition coefficient (Wildman–Crippen LogP) is 5.90. The molecule has 2 heteroatoms. The van der Waals surface area contributed by atoms with E-state index in [2.05, 4.69) is 68.2 Å². The van der Waals surface area contributed by atoms with Crippen LogP contribution < -0.4 is 0 Å². The molecule has 0 aliphatic heterocycles. The number of hydrogen-bond donors (Lipinski definition) is 1. The van der Waals surface area contributed by atoms with Crippen LogP contribution in [0, 0.1) is 11.8 Å². The van der Waals surface area contributed by atoms with Crippen molar-refractivity contribution < 1.29 is 9.90 Å². The van der Waals surface area contributed by atoms with Gasteiger partial charge in [-0.2, -0.15) is 0 Å². The number of benzene rings is 3. The summed E-state index contributed by atoms with van der Waals surface area (Å²) in [6.07, 6.45) is 3.29. The second-order valence-electron chi connectivity index (χ2n) is 7.93. The number of carbonyl (C=O) groups is 1. The lowest BCUT2D eigenvalue weighted by Crippen LogP contribution is -2.22. The molecule has 142 valence electrons. The minimum atomic E-state index is -0.959. The smallest absolute Gasteiger partial charge is 0.336 e. The number of allylic oxidation sites excluding steroid dienone is 1. The summed E-state index contributed by atoms with van der Waals surface area (Å²) in [4.78, 5) is 11.4. The number of hydrogen-bond acceptors (Lipinski definition) is 1. The number of fused-ring (bicyclic) bond motifs is 1. The minimum Gasteiger partial charge on any atom is -0.478 e. The Hall–Kier alpha value is -3.57. The zero-order chi connectivity index (χ0) is 20.4. The molecule has 29 heavy (non-hydrogen) atoms. The zero-order valence-electron chi connectivity index (χ0n) is 16.6. The van der Waals surface area contributed by atoms with Crippen LogP contribution in [0.5, 0.6) is 0 Å². The molecule has 0 heterocycles. The van der Waals surface area contributed by atoms with Gasteiger partial charge in [-0.1, -0.05) is 80.3 Å². The van der Waals surface area contributed by atoms with Gasteiger partial charge in [-0.25, -0.2) is 4.79 Å². The lowest BCUT2D eigenvalue weighted by molar-refractivity contribution is 0.0696. The van der Waals surface area contributed by atoms with E-state index in [1.54, 1.807) is 18.2 Å². The van der Waals surface area contributed by atoms with Gasteiger partial charge in [-0.05, 0) is 58.4 Å². The first-order chi connectivity index (χ1) is 14.0. The summed E-state index contributed by atoms with van der Waals surface area (Å²) in [6, 6.07) is 23.6. The van der Waals surface area contributed by atoms with Gasteiger partial charge in [0, 0.05) is 11.1 Å². The summed E-state index contributed by atoms with van der Waals surface area (Å²) < 4.78 is 0. The highest BCUT2D eigenvalue weighted by Crippen LogP contribution is 2.41. The highest BCUT2D eigenvalue weighted by atomic mass is 16.4. The van der Waals surface area contributed by atoms with E-state index < -0.39 is 5.97 Å². The van der Waals surface area contributed by atoms with Crippen LogP contribution in [-0.2, 0) is 5.41 Å². The zero-order valence-corrected chi connectivity index (χ0v) is 16.6. The normalized spacial score (nSPS) is 14.2. The van der Waals surface area contributed by atoms with Crippen molar-refractivity contribution in [3.05, 3.63) is 112 Å². The maximum Gasteiger partial charge on any atom is 0.336 e. The Bertz CT molecular complexity index is 1170. The molecule has 3 aromatic carbocycles. The van der Waals surface area contributed by atoms with Crippen molar-refractivity contribution >= 4 is 11.5 Å². The molecule has 0 aromatic heterocycles. The molecule has 0 atom stereocenters. The van der Waals surface area contributed by atoms with Crippen molar-refractivity contribution in [2.45, 2.75) is 25.7 Å². The van der Waals surface area contributed by atoms with Crippen LogP contribution >= 0.6 is 0 Å². The first-order valence-electron chi connectivity index (χ1n) is 9.70. The molecule has 0 radical (unpaired) electrons. The molecule has 0 bridgehead atoms. The average Bonchev–Trinajstić information content (AvgIpc) is 2.73. The molecule has 1 N–H and O–H groups in total. The van der Waals surface area contributed by atoms with E-state index >= 15 is 0 Å². The highest BCUT2D eigenvalue weighted by Gasteiger charge is 2.28. The van der Waals surface area contributed by atoms with Crippen molar-refractivity contribution in [3.8, 4) is 11.8 Å². The van der Waals surface area contributed by atoms with E-state index in [1.807, 2.05) is 18.2 Å². The van der Waals surface area contributed by atoms with E-state index in [9.17, 15) is 9.90 Å². The highest BCUT2D eigenvalue weighted by molar-refractivity contribution is 5.90. The number of carboxylic acids is 1.